The summed E-state index contributed by atoms with van der Waals surface area (Å²) in [5.74, 6) is -0.227. The number of aromatic nitrogens is 1. The van der Waals surface area contributed by atoms with Gasteiger partial charge in [-0.1, -0.05) is 6.07 Å². The molecule has 0 bridgehead atoms. The van der Waals surface area contributed by atoms with Gasteiger partial charge in [-0.05, 0) is 48.5 Å². The summed E-state index contributed by atoms with van der Waals surface area (Å²) < 4.78 is 71.5. The number of hydrogen-bond acceptors (Lipinski definition) is 5. The van der Waals surface area contributed by atoms with Crippen LogP contribution in [0.25, 0.3) is 10.9 Å². The molecule has 0 unspecified atom stereocenters. The lowest BCUT2D eigenvalue weighted by Crippen LogP contribution is -2.28. The summed E-state index contributed by atoms with van der Waals surface area (Å²) in [6, 6.07) is 10.5. The minimum Gasteiger partial charge on any atom is -0.467 e. The molecule has 0 saturated carbocycles. The number of amides is 1. The van der Waals surface area contributed by atoms with Crippen molar-refractivity contribution >= 4 is 32.5 Å². The van der Waals surface area contributed by atoms with E-state index in [0.717, 1.165) is 18.2 Å². The normalized spacial score (nSPS) is 12.0. The van der Waals surface area contributed by atoms with Gasteiger partial charge in [0.2, 0.25) is 5.43 Å². The Morgan fingerprint density at radius 3 is 2.56 bits per heavy atom. The van der Waals surface area contributed by atoms with Gasteiger partial charge in [0.1, 0.15) is 11.3 Å². The maximum atomic E-state index is 12.9. The van der Waals surface area contributed by atoms with Crippen molar-refractivity contribution in [3.8, 4) is 0 Å². The molecule has 34 heavy (non-hydrogen) atoms. The summed E-state index contributed by atoms with van der Waals surface area (Å²) in [5.41, 5.74) is -2.02. The molecule has 4 aromatic rings. The Bertz CT molecular complexity index is 1530. The Kier molecular flexibility index (Phi) is 5.92. The Hall–Kier alpha value is -4.06. The lowest BCUT2D eigenvalue weighted by molar-refractivity contribution is -0.137. The molecular weight excluding hydrogens is 475 g/mol. The number of furan rings is 1. The van der Waals surface area contributed by atoms with Crippen LogP contribution in [0.4, 0.5) is 18.9 Å². The standard InChI is InChI=1S/C22H16F3N3O5S/c23-22(24,25)13-3-1-4-14(9-13)28-34(31,32)16-6-7-19-17(10-16)20(29)18(12-26-19)21(30)27-11-15-5-2-8-33-15/h1-10,12,28H,11H2,(H,26,29)(H,27,30). The number of halogens is 3. The number of anilines is 1. The molecular formula is C22H16F3N3O5S. The molecule has 3 N–H and O–H groups in total. The molecule has 2 aromatic heterocycles. The van der Waals surface area contributed by atoms with Crippen LogP contribution >= 0.6 is 0 Å². The number of aromatic amines is 1. The quantitative estimate of drug-likeness (QED) is 0.378. The molecule has 2 heterocycles. The van der Waals surface area contributed by atoms with Gasteiger partial charge in [-0.2, -0.15) is 13.2 Å². The van der Waals surface area contributed by atoms with Crippen LogP contribution in [0.5, 0.6) is 0 Å². The molecule has 0 radical (unpaired) electrons. The lowest BCUT2D eigenvalue weighted by Gasteiger charge is -2.12. The highest BCUT2D eigenvalue weighted by atomic mass is 32.2. The molecule has 0 aliphatic carbocycles. The van der Waals surface area contributed by atoms with Crippen LogP contribution in [-0.4, -0.2) is 19.3 Å². The van der Waals surface area contributed by atoms with Crippen molar-refractivity contribution in [2.75, 3.05) is 4.72 Å². The first-order valence-electron chi connectivity index (χ1n) is 9.71. The molecule has 0 aliphatic heterocycles. The zero-order valence-electron chi connectivity index (χ0n) is 17.1. The average molecular weight is 491 g/mol. The maximum absolute atomic E-state index is 12.9. The van der Waals surface area contributed by atoms with Crippen molar-refractivity contribution < 1.29 is 30.8 Å². The number of nitrogens with one attached hydrogen (secondary N) is 3. The van der Waals surface area contributed by atoms with E-state index in [4.69, 9.17) is 4.42 Å². The SMILES string of the molecule is O=C(NCc1ccco1)c1c[nH]c2ccc(S(=O)(=O)Nc3cccc(C(F)(F)F)c3)cc2c1=O. The second-order valence-electron chi connectivity index (χ2n) is 7.18. The van der Waals surface area contributed by atoms with Crippen LogP contribution in [0, 0.1) is 0 Å². The van der Waals surface area contributed by atoms with Crippen LogP contribution in [-0.2, 0) is 22.7 Å². The van der Waals surface area contributed by atoms with E-state index in [0.29, 0.717) is 11.8 Å². The van der Waals surface area contributed by atoms with Gasteiger partial charge in [-0.15, -0.1) is 0 Å². The summed E-state index contributed by atoms with van der Waals surface area (Å²) >= 11 is 0. The summed E-state index contributed by atoms with van der Waals surface area (Å²) in [6.07, 6.45) is -2.01. The highest BCUT2D eigenvalue weighted by Gasteiger charge is 2.30. The van der Waals surface area contributed by atoms with Crippen LogP contribution in [0.15, 0.2) is 81.2 Å². The molecule has 0 atom stereocenters. The Balaban J connectivity index is 1.64. The molecule has 1 amide bonds. The fourth-order valence-electron chi connectivity index (χ4n) is 3.18. The van der Waals surface area contributed by atoms with E-state index in [1.165, 1.54) is 30.7 Å². The molecule has 0 spiro atoms. The Labute approximate surface area is 190 Å². The summed E-state index contributed by atoms with van der Waals surface area (Å²) in [7, 11) is -4.34. The van der Waals surface area contributed by atoms with E-state index in [9.17, 15) is 31.2 Å². The number of pyridine rings is 1. The minimum absolute atomic E-state index is 0.0403. The third-order valence-electron chi connectivity index (χ3n) is 4.85. The van der Waals surface area contributed by atoms with E-state index in [1.54, 1.807) is 12.1 Å². The summed E-state index contributed by atoms with van der Waals surface area (Å²) in [4.78, 5) is 27.7. The van der Waals surface area contributed by atoms with Crippen LogP contribution in [0.2, 0.25) is 0 Å². The predicted molar refractivity (Wildman–Crippen MR) is 117 cm³/mol. The molecule has 176 valence electrons. The number of benzene rings is 2. The largest absolute Gasteiger partial charge is 0.467 e. The Morgan fingerprint density at radius 2 is 1.85 bits per heavy atom. The van der Waals surface area contributed by atoms with Crippen molar-refractivity contribution in [1.82, 2.24) is 10.3 Å². The Morgan fingerprint density at radius 1 is 1.06 bits per heavy atom. The number of rotatable bonds is 6. The fourth-order valence-corrected chi connectivity index (χ4v) is 4.26. The predicted octanol–water partition coefficient (Wildman–Crippen LogP) is 3.87. The van der Waals surface area contributed by atoms with Crippen molar-refractivity contribution in [2.45, 2.75) is 17.6 Å². The molecule has 12 heteroatoms. The molecule has 0 fully saturated rings. The number of carbonyl (C=O) groups is 1. The van der Waals surface area contributed by atoms with Gasteiger partial charge < -0.3 is 14.7 Å². The first kappa shape index (κ1) is 23.1. The van der Waals surface area contributed by atoms with Gasteiger partial charge in [-0.3, -0.25) is 14.3 Å². The van der Waals surface area contributed by atoms with E-state index < -0.39 is 33.1 Å². The average Bonchev–Trinajstić information content (AvgIpc) is 3.31. The number of H-pyrrole nitrogens is 1. The zero-order valence-corrected chi connectivity index (χ0v) is 18.0. The van der Waals surface area contributed by atoms with Crippen LogP contribution in [0.3, 0.4) is 0 Å². The molecule has 8 nitrogen and oxygen atoms in total. The van der Waals surface area contributed by atoms with E-state index in [2.05, 4.69) is 15.0 Å². The monoisotopic (exact) mass is 491 g/mol. The smallest absolute Gasteiger partial charge is 0.416 e. The third kappa shape index (κ3) is 4.81. The summed E-state index contributed by atoms with van der Waals surface area (Å²) in [5, 5.41) is 2.44. The number of alkyl halides is 3. The van der Waals surface area contributed by atoms with Crippen LogP contribution in [0.1, 0.15) is 21.7 Å². The highest BCUT2D eigenvalue weighted by Crippen LogP contribution is 2.31. The van der Waals surface area contributed by atoms with Crippen molar-refractivity contribution in [3.05, 3.63) is 94.2 Å². The van der Waals surface area contributed by atoms with Crippen LogP contribution < -0.4 is 15.5 Å². The van der Waals surface area contributed by atoms with Crippen molar-refractivity contribution in [1.29, 1.82) is 0 Å². The van der Waals surface area contributed by atoms with Crippen molar-refractivity contribution in [3.63, 3.8) is 0 Å². The topological polar surface area (TPSA) is 121 Å². The molecule has 4 rings (SSSR count). The van der Waals surface area contributed by atoms with Crippen molar-refractivity contribution in [2.24, 2.45) is 0 Å². The number of hydrogen-bond donors (Lipinski definition) is 3. The maximum Gasteiger partial charge on any atom is 0.416 e. The second-order valence-corrected chi connectivity index (χ2v) is 8.87. The second kappa shape index (κ2) is 8.71. The first-order valence-corrected chi connectivity index (χ1v) is 11.2. The molecule has 2 aromatic carbocycles. The van der Waals surface area contributed by atoms with Gasteiger partial charge in [0.05, 0.1) is 23.3 Å². The lowest BCUT2D eigenvalue weighted by atomic mass is 10.1. The molecule has 0 saturated heterocycles. The number of carbonyl (C=O) groups excluding carboxylic acids is 1. The zero-order chi connectivity index (χ0) is 24.5. The van der Waals surface area contributed by atoms with Gasteiger partial charge in [0.25, 0.3) is 15.9 Å². The fraction of sp³-hybridized carbons (Fsp3) is 0.0909. The minimum atomic E-state index is -4.65. The van der Waals surface area contributed by atoms with Gasteiger partial charge in [0.15, 0.2) is 0 Å². The van der Waals surface area contributed by atoms with E-state index in [-0.39, 0.29) is 33.6 Å². The van der Waals surface area contributed by atoms with Gasteiger partial charge in [0, 0.05) is 22.8 Å². The summed E-state index contributed by atoms with van der Waals surface area (Å²) in [6.45, 7) is 0.0403. The van der Waals surface area contributed by atoms with E-state index in [1.807, 2.05) is 0 Å². The number of sulfonamides is 1. The number of fused-ring (bicyclic) bond motifs is 1. The van der Waals surface area contributed by atoms with E-state index >= 15 is 0 Å². The first-order chi connectivity index (χ1) is 16.0. The van der Waals surface area contributed by atoms with Gasteiger partial charge >= 0.3 is 6.18 Å². The highest BCUT2D eigenvalue weighted by molar-refractivity contribution is 7.92. The molecule has 0 aliphatic rings. The third-order valence-corrected chi connectivity index (χ3v) is 6.23. The van der Waals surface area contributed by atoms with Gasteiger partial charge in [-0.25, -0.2) is 8.42 Å².